The molecule has 0 bridgehead atoms. The molecule has 4 aliphatic rings. The molecule has 4 saturated carbocycles. The molecule has 3 heteroatoms. The van der Waals surface area contributed by atoms with Crippen LogP contribution in [0.4, 0.5) is 0 Å². The molecule has 4 rings (SSSR count). The topological polar surface area (TPSA) is 60.7 Å². The Morgan fingerprint density at radius 2 is 1.73 bits per heavy atom. The standard InChI is InChI=1S/C23H38O3/c1-5-13(2)16-6-7-17-21-18(12-20(26)23(16,17)4)22(3)9-8-15(24)10-14(22)11-19(21)25/h5,13-21,24-26H,1,6-12H2,2-4H3/t13-,14+,15-,16-,17+,18+,19-,20+,21+,22+,23-/m1/s1. The van der Waals surface area contributed by atoms with Gasteiger partial charge in [-0.05, 0) is 85.9 Å². The van der Waals surface area contributed by atoms with E-state index < -0.39 is 0 Å². The van der Waals surface area contributed by atoms with Gasteiger partial charge in [0.2, 0.25) is 0 Å². The third-order valence-electron chi connectivity index (χ3n) is 9.84. The quantitative estimate of drug-likeness (QED) is 0.655. The van der Waals surface area contributed by atoms with E-state index in [2.05, 4.69) is 27.4 Å². The van der Waals surface area contributed by atoms with Gasteiger partial charge in [-0.1, -0.05) is 26.8 Å². The lowest BCUT2D eigenvalue weighted by molar-refractivity contribution is -0.206. The molecule has 3 nitrogen and oxygen atoms in total. The maximum absolute atomic E-state index is 11.4. The van der Waals surface area contributed by atoms with Gasteiger partial charge in [-0.2, -0.15) is 0 Å². The highest BCUT2D eigenvalue weighted by Crippen LogP contribution is 2.68. The molecule has 11 atom stereocenters. The van der Waals surface area contributed by atoms with Crippen LogP contribution in [0.3, 0.4) is 0 Å². The van der Waals surface area contributed by atoms with Crippen LogP contribution < -0.4 is 0 Å². The first-order valence-electron chi connectivity index (χ1n) is 10.9. The summed E-state index contributed by atoms with van der Waals surface area (Å²) >= 11 is 0. The maximum atomic E-state index is 11.4. The highest BCUT2D eigenvalue weighted by atomic mass is 16.3. The van der Waals surface area contributed by atoms with Gasteiger partial charge in [0.1, 0.15) is 0 Å². The molecule has 0 spiro atoms. The molecular weight excluding hydrogens is 324 g/mol. The number of aliphatic hydroxyl groups excluding tert-OH is 3. The molecule has 0 saturated heterocycles. The predicted octanol–water partition coefficient (Wildman–Crippen LogP) is 3.77. The van der Waals surface area contributed by atoms with E-state index in [0.717, 1.165) is 44.9 Å². The Morgan fingerprint density at radius 1 is 1.00 bits per heavy atom. The third-order valence-corrected chi connectivity index (χ3v) is 9.84. The van der Waals surface area contributed by atoms with Gasteiger partial charge in [-0.25, -0.2) is 0 Å². The second-order valence-corrected chi connectivity index (χ2v) is 10.6. The van der Waals surface area contributed by atoms with Gasteiger partial charge < -0.3 is 15.3 Å². The van der Waals surface area contributed by atoms with Crippen molar-refractivity contribution in [2.45, 2.75) is 84.0 Å². The summed E-state index contributed by atoms with van der Waals surface area (Å²) in [6.45, 7) is 10.9. The monoisotopic (exact) mass is 362 g/mol. The first kappa shape index (κ1) is 19.0. The van der Waals surface area contributed by atoms with Gasteiger partial charge in [0.25, 0.3) is 0 Å². The summed E-state index contributed by atoms with van der Waals surface area (Å²) in [6, 6.07) is 0. The van der Waals surface area contributed by atoms with Crippen LogP contribution in [0, 0.1) is 46.3 Å². The Labute approximate surface area is 158 Å². The summed E-state index contributed by atoms with van der Waals surface area (Å²) in [4.78, 5) is 0. The smallest absolute Gasteiger partial charge is 0.0602 e. The number of allylic oxidation sites excluding steroid dienone is 1. The minimum Gasteiger partial charge on any atom is -0.393 e. The average Bonchev–Trinajstić information content (AvgIpc) is 2.95. The second kappa shape index (κ2) is 6.32. The zero-order valence-electron chi connectivity index (χ0n) is 16.8. The van der Waals surface area contributed by atoms with E-state index in [1.54, 1.807) is 0 Å². The fraction of sp³-hybridized carbons (Fsp3) is 0.913. The van der Waals surface area contributed by atoms with Gasteiger partial charge in [0.05, 0.1) is 18.3 Å². The number of hydrogen-bond acceptors (Lipinski definition) is 3. The molecule has 0 aliphatic heterocycles. The van der Waals surface area contributed by atoms with Crippen molar-refractivity contribution < 1.29 is 15.3 Å². The molecule has 4 fully saturated rings. The summed E-state index contributed by atoms with van der Waals surface area (Å²) < 4.78 is 0. The molecule has 0 radical (unpaired) electrons. The molecular formula is C23H38O3. The fourth-order valence-corrected chi connectivity index (χ4v) is 8.23. The summed E-state index contributed by atoms with van der Waals surface area (Å²) in [5, 5.41) is 32.7. The van der Waals surface area contributed by atoms with Crippen LogP contribution in [-0.4, -0.2) is 33.6 Å². The van der Waals surface area contributed by atoms with Gasteiger partial charge >= 0.3 is 0 Å². The normalized spacial score (nSPS) is 57.6. The van der Waals surface area contributed by atoms with Gasteiger partial charge in [-0.15, -0.1) is 6.58 Å². The molecule has 0 amide bonds. The number of hydrogen-bond donors (Lipinski definition) is 3. The highest BCUT2D eigenvalue weighted by Gasteiger charge is 2.65. The van der Waals surface area contributed by atoms with Crippen LogP contribution in [0.25, 0.3) is 0 Å². The van der Waals surface area contributed by atoms with Gasteiger partial charge in [0.15, 0.2) is 0 Å². The predicted molar refractivity (Wildman–Crippen MR) is 103 cm³/mol. The average molecular weight is 363 g/mol. The van der Waals surface area contributed by atoms with Gasteiger partial charge in [0, 0.05) is 5.41 Å². The lowest BCUT2D eigenvalue weighted by Gasteiger charge is -2.63. The first-order chi connectivity index (χ1) is 12.2. The van der Waals surface area contributed by atoms with Crippen LogP contribution in [0.5, 0.6) is 0 Å². The van der Waals surface area contributed by atoms with Gasteiger partial charge in [-0.3, -0.25) is 0 Å². The molecule has 0 unspecified atom stereocenters. The molecule has 4 aliphatic carbocycles. The zero-order valence-corrected chi connectivity index (χ0v) is 16.8. The fourth-order valence-electron chi connectivity index (χ4n) is 8.23. The van der Waals surface area contributed by atoms with Crippen LogP contribution in [-0.2, 0) is 0 Å². The lowest BCUT2D eigenvalue weighted by Crippen LogP contribution is -2.62. The molecule has 26 heavy (non-hydrogen) atoms. The van der Waals surface area contributed by atoms with Crippen molar-refractivity contribution in [2.75, 3.05) is 0 Å². The van der Waals surface area contributed by atoms with Crippen molar-refractivity contribution in [1.82, 2.24) is 0 Å². The van der Waals surface area contributed by atoms with Crippen LogP contribution in [0.2, 0.25) is 0 Å². The Bertz CT molecular complexity index is 562. The Balaban J connectivity index is 1.69. The first-order valence-corrected chi connectivity index (χ1v) is 10.9. The van der Waals surface area contributed by atoms with Crippen LogP contribution >= 0.6 is 0 Å². The van der Waals surface area contributed by atoms with E-state index in [-0.39, 0.29) is 29.1 Å². The van der Waals surface area contributed by atoms with E-state index >= 15 is 0 Å². The maximum Gasteiger partial charge on any atom is 0.0602 e. The Morgan fingerprint density at radius 3 is 2.42 bits per heavy atom. The van der Waals surface area contributed by atoms with Crippen molar-refractivity contribution in [3.05, 3.63) is 12.7 Å². The molecule has 0 heterocycles. The number of fused-ring (bicyclic) bond motifs is 5. The summed E-state index contributed by atoms with van der Waals surface area (Å²) in [6.07, 6.45) is 7.92. The van der Waals surface area contributed by atoms with E-state index in [1.165, 1.54) is 0 Å². The van der Waals surface area contributed by atoms with Crippen LogP contribution in [0.1, 0.15) is 65.7 Å². The Kier molecular flexibility index (Phi) is 4.61. The molecule has 3 N–H and O–H groups in total. The van der Waals surface area contributed by atoms with E-state index in [4.69, 9.17) is 0 Å². The minimum atomic E-state index is -0.293. The van der Waals surface area contributed by atoms with Crippen LogP contribution in [0.15, 0.2) is 12.7 Å². The summed E-state index contributed by atoms with van der Waals surface area (Å²) in [7, 11) is 0. The number of aliphatic hydroxyl groups is 3. The number of rotatable bonds is 2. The van der Waals surface area contributed by atoms with E-state index in [0.29, 0.717) is 35.5 Å². The van der Waals surface area contributed by atoms with Crippen molar-refractivity contribution in [1.29, 1.82) is 0 Å². The molecule has 0 aromatic carbocycles. The summed E-state index contributed by atoms with van der Waals surface area (Å²) in [5.74, 6) is 2.36. The van der Waals surface area contributed by atoms with E-state index in [1.807, 2.05) is 6.08 Å². The van der Waals surface area contributed by atoms with E-state index in [9.17, 15) is 15.3 Å². The van der Waals surface area contributed by atoms with Crippen molar-refractivity contribution in [2.24, 2.45) is 46.3 Å². The highest BCUT2D eigenvalue weighted by molar-refractivity contribution is 5.15. The SMILES string of the molecule is C=C[C@@H](C)[C@H]1CC[C@H]2[C@@H]3[C@H](O)C[C@@H]4C[C@H](O)CC[C@]4(C)[C@H]3C[C@H](O)[C@]12C. The Hall–Kier alpha value is -0.380. The van der Waals surface area contributed by atoms with Crippen molar-refractivity contribution in [3.63, 3.8) is 0 Å². The second-order valence-electron chi connectivity index (χ2n) is 10.6. The molecule has 0 aromatic heterocycles. The zero-order chi connectivity index (χ0) is 18.9. The van der Waals surface area contributed by atoms with Crippen molar-refractivity contribution in [3.8, 4) is 0 Å². The summed E-state index contributed by atoms with van der Waals surface area (Å²) in [5.41, 5.74) is 0.0563. The molecule has 148 valence electrons. The largest absolute Gasteiger partial charge is 0.393 e. The lowest BCUT2D eigenvalue weighted by atomic mass is 9.43. The third kappa shape index (κ3) is 2.42. The van der Waals surface area contributed by atoms with Crippen molar-refractivity contribution >= 4 is 0 Å². The molecule has 0 aromatic rings. The minimum absolute atomic E-state index is 0.104.